The highest BCUT2D eigenvalue weighted by Crippen LogP contribution is 2.36. The highest BCUT2D eigenvalue weighted by Gasteiger charge is 2.26. The second-order valence-electron chi connectivity index (χ2n) is 5.33. The van der Waals surface area contributed by atoms with E-state index in [1.807, 2.05) is 0 Å². The van der Waals surface area contributed by atoms with E-state index in [1.165, 1.54) is 20.3 Å². The molecule has 0 saturated carbocycles. The fourth-order valence-electron chi connectivity index (χ4n) is 2.98. The van der Waals surface area contributed by atoms with Gasteiger partial charge in [0.15, 0.2) is 11.5 Å². The molecule has 1 fully saturated rings. The van der Waals surface area contributed by atoms with Crippen LogP contribution in [-0.4, -0.2) is 55.8 Å². The number of amides is 1. The number of phenolic OH excluding ortho intramolecular Hbond substituents is 1. The second kappa shape index (κ2) is 8.84. The van der Waals surface area contributed by atoms with Gasteiger partial charge in [-0.2, -0.15) is 0 Å². The first-order valence-corrected chi connectivity index (χ1v) is 7.58. The van der Waals surface area contributed by atoms with Gasteiger partial charge >= 0.3 is 0 Å². The van der Waals surface area contributed by atoms with E-state index in [-0.39, 0.29) is 35.4 Å². The van der Waals surface area contributed by atoms with E-state index >= 15 is 0 Å². The van der Waals surface area contributed by atoms with Crippen molar-refractivity contribution in [3.8, 4) is 17.2 Å². The van der Waals surface area contributed by atoms with Crippen LogP contribution in [0.4, 0.5) is 0 Å². The summed E-state index contributed by atoms with van der Waals surface area (Å²) >= 11 is 0. The average molecular weight is 345 g/mol. The Kier molecular flexibility index (Phi) is 7.45. The van der Waals surface area contributed by atoms with Crippen molar-refractivity contribution < 1.29 is 19.4 Å². The van der Waals surface area contributed by atoms with Crippen LogP contribution in [0.1, 0.15) is 30.1 Å². The molecule has 1 aromatic carbocycles. The minimum Gasteiger partial charge on any atom is -0.507 e. The molecule has 23 heavy (non-hydrogen) atoms. The summed E-state index contributed by atoms with van der Waals surface area (Å²) in [5.74, 6) is 0.199. The SMILES string of the molecule is CCN1CCC[C@H]1CNC(=O)c1c(O)ccc(OC)c1OC.Cl. The lowest BCUT2D eigenvalue weighted by Gasteiger charge is -2.23. The number of aromatic hydroxyl groups is 1. The Balaban J connectivity index is 0.00000264. The highest BCUT2D eigenvalue weighted by molar-refractivity contribution is 6.00. The van der Waals surface area contributed by atoms with Crippen molar-refractivity contribution >= 4 is 18.3 Å². The smallest absolute Gasteiger partial charge is 0.259 e. The van der Waals surface area contributed by atoms with Crippen LogP contribution in [-0.2, 0) is 0 Å². The largest absolute Gasteiger partial charge is 0.507 e. The van der Waals surface area contributed by atoms with Gasteiger partial charge in [0.2, 0.25) is 0 Å². The zero-order chi connectivity index (χ0) is 16.1. The summed E-state index contributed by atoms with van der Waals surface area (Å²) in [5, 5.41) is 12.9. The van der Waals surface area contributed by atoms with Crippen LogP contribution in [0, 0.1) is 0 Å². The molecule has 0 aromatic heterocycles. The molecule has 6 nitrogen and oxygen atoms in total. The fraction of sp³-hybridized carbons (Fsp3) is 0.562. The number of nitrogens with one attached hydrogen (secondary N) is 1. The Hall–Kier alpha value is -1.66. The van der Waals surface area contributed by atoms with Crippen LogP contribution in [0.3, 0.4) is 0 Å². The molecule has 1 saturated heterocycles. The monoisotopic (exact) mass is 344 g/mol. The molecule has 7 heteroatoms. The maximum atomic E-state index is 12.4. The molecule has 130 valence electrons. The number of nitrogens with zero attached hydrogens (tertiary/aromatic N) is 1. The van der Waals surface area contributed by atoms with Crippen molar-refractivity contribution in [2.45, 2.75) is 25.8 Å². The van der Waals surface area contributed by atoms with Crippen LogP contribution in [0.2, 0.25) is 0 Å². The second-order valence-corrected chi connectivity index (χ2v) is 5.33. The van der Waals surface area contributed by atoms with E-state index in [0.29, 0.717) is 18.3 Å². The first kappa shape index (κ1) is 19.4. The van der Waals surface area contributed by atoms with Crippen molar-refractivity contribution in [3.63, 3.8) is 0 Å². The number of benzene rings is 1. The van der Waals surface area contributed by atoms with Gasteiger partial charge in [-0.3, -0.25) is 9.69 Å². The molecule has 1 aliphatic rings. The number of carbonyl (C=O) groups excluding carboxylic acids is 1. The molecule has 2 N–H and O–H groups in total. The molecule has 1 aliphatic heterocycles. The summed E-state index contributed by atoms with van der Waals surface area (Å²) in [6.07, 6.45) is 2.23. The predicted molar refractivity (Wildman–Crippen MR) is 91.1 cm³/mol. The van der Waals surface area contributed by atoms with Gasteiger partial charge in [-0.05, 0) is 38.1 Å². The Labute approximate surface area is 143 Å². The summed E-state index contributed by atoms with van der Waals surface area (Å²) in [5.41, 5.74) is 0.114. The van der Waals surface area contributed by atoms with Gasteiger partial charge in [0.1, 0.15) is 11.3 Å². The molecule has 0 unspecified atom stereocenters. The Morgan fingerprint density at radius 1 is 1.39 bits per heavy atom. The third-order valence-corrected chi connectivity index (χ3v) is 4.15. The predicted octanol–water partition coefficient (Wildman–Crippen LogP) is 2.05. The Bertz CT molecular complexity index is 539. The third-order valence-electron chi connectivity index (χ3n) is 4.15. The van der Waals surface area contributed by atoms with Crippen molar-refractivity contribution in [3.05, 3.63) is 17.7 Å². The van der Waals surface area contributed by atoms with E-state index in [1.54, 1.807) is 6.07 Å². The molecule has 0 spiro atoms. The molecule has 1 atom stereocenters. The molecule has 2 rings (SSSR count). The van der Waals surface area contributed by atoms with E-state index < -0.39 is 0 Å². The van der Waals surface area contributed by atoms with Crippen molar-refractivity contribution in [2.24, 2.45) is 0 Å². The zero-order valence-corrected chi connectivity index (χ0v) is 14.6. The van der Waals surface area contributed by atoms with E-state index in [0.717, 1.165) is 25.9 Å². The van der Waals surface area contributed by atoms with Crippen LogP contribution in [0.25, 0.3) is 0 Å². The highest BCUT2D eigenvalue weighted by atomic mass is 35.5. The normalized spacial score (nSPS) is 17.4. The Morgan fingerprint density at radius 2 is 2.13 bits per heavy atom. The van der Waals surface area contributed by atoms with Crippen LogP contribution in [0.5, 0.6) is 17.2 Å². The maximum absolute atomic E-state index is 12.4. The third kappa shape index (κ3) is 4.20. The van der Waals surface area contributed by atoms with E-state index in [2.05, 4.69) is 17.1 Å². The van der Waals surface area contributed by atoms with Gasteiger partial charge in [-0.15, -0.1) is 12.4 Å². The number of halogens is 1. The number of hydrogen-bond acceptors (Lipinski definition) is 5. The van der Waals surface area contributed by atoms with Crippen molar-refractivity contribution in [1.29, 1.82) is 0 Å². The molecule has 1 amide bonds. The number of ether oxygens (including phenoxy) is 2. The van der Waals surface area contributed by atoms with Gasteiger partial charge in [0.05, 0.1) is 14.2 Å². The number of methoxy groups -OCH3 is 2. The molecular weight excluding hydrogens is 320 g/mol. The number of hydrogen-bond donors (Lipinski definition) is 2. The quantitative estimate of drug-likeness (QED) is 0.826. The van der Waals surface area contributed by atoms with E-state index in [9.17, 15) is 9.90 Å². The molecule has 1 aromatic rings. The number of likely N-dealkylation sites (tertiary alicyclic amines) is 1. The minimum atomic E-state index is -0.351. The number of likely N-dealkylation sites (N-methyl/N-ethyl adjacent to an activating group) is 1. The van der Waals surface area contributed by atoms with Crippen LogP contribution < -0.4 is 14.8 Å². The van der Waals surface area contributed by atoms with Gasteiger partial charge in [0.25, 0.3) is 5.91 Å². The summed E-state index contributed by atoms with van der Waals surface area (Å²) in [7, 11) is 2.94. The molecule has 0 radical (unpaired) electrons. The topological polar surface area (TPSA) is 71.0 Å². The summed E-state index contributed by atoms with van der Waals surface area (Å²) in [4.78, 5) is 14.8. The fourth-order valence-corrected chi connectivity index (χ4v) is 2.98. The summed E-state index contributed by atoms with van der Waals surface area (Å²) in [6.45, 7) is 4.74. The van der Waals surface area contributed by atoms with Gasteiger partial charge in [-0.1, -0.05) is 6.92 Å². The summed E-state index contributed by atoms with van der Waals surface area (Å²) in [6, 6.07) is 3.36. The zero-order valence-electron chi connectivity index (χ0n) is 13.8. The number of carbonyl (C=O) groups is 1. The maximum Gasteiger partial charge on any atom is 0.259 e. The average Bonchev–Trinajstić information content (AvgIpc) is 2.99. The summed E-state index contributed by atoms with van der Waals surface area (Å²) < 4.78 is 10.4. The van der Waals surface area contributed by atoms with Crippen LogP contribution >= 0.6 is 12.4 Å². The van der Waals surface area contributed by atoms with Gasteiger partial charge in [-0.25, -0.2) is 0 Å². The lowest BCUT2D eigenvalue weighted by molar-refractivity contribution is 0.0934. The minimum absolute atomic E-state index is 0. The lowest BCUT2D eigenvalue weighted by atomic mass is 10.1. The van der Waals surface area contributed by atoms with Gasteiger partial charge < -0.3 is 19.9 Å². The molecule has 0 bridgehead atoms. The first-order valence-electron chi connectivity index (χ1n) is 7.58. The van der Waals surface area contributed by atoms with Gasteiger partial charge in [0, 0.05) is 12.6 Å². The van der Waals surface area contributed by atoms with Crippen molar-refractivity contribution in [2.75, 3.05) is 33.9 Å². The standard InChI is InChI=1S/C16H24N2O4.ClH/c1-4-18-9-5-6-11(18)10-17-16(20)14-12(19)7-8-13(21-2)15(14)22-3;/h7-8,11,19H,4-6,9-10H2,1-3H3,(H,17,20);1H/t11-;/m0./s1. The molecule has 1 heterocycles. The van der Waals surface area contributed by atoms with Crippen molar-refractivity contribution in [1.82, 2.24) is 10.2 Å². The van der Waals surface area contributed by atoms with E-state index in [4.69, 9.17) is 9.47 Å². The lowest BCUT2D eigenvalue weighted by Crippen LogP contribution is -2.40. The molecule has 0 aliphatic carbocycles. The van der Waals surface area contributed by atoms with Crippen LogP contribution in [0.15, 0.2) is 12.1 Å². The first-order chi connectivity index (χ1) is 10.6. The molecular formula is C16H25ClN2O4. The number of phenols is 1. The number of rotatable bonds is 6. The Morgan fingerprint density at radius 3 is 2.74 bits per heavy atom.